The van der Waals surface area contributed by atoms with E-state index in [0.29, 0.717) is 6.61 Å². The lowest BCUT2D eigenvalue weighted by atomic mass is 10.0. The molecule has 1 atom stereocenters. The molecule has 128 valence electrons. The molecule has 1 aromatic heterocycles. The molecule has 0 amide bonds. The molecule has 1 fully saturated rings. The van der Waals surface area contributed by atoms with Gasteiger partial charge < -0.3 is 14.6 Å². The van der Waals surface area contributed by atoms with E-state index in [1.807, 2.05) is 54.6 Å². The Morgan fingerprint density at radius 1 is 1.12 bits per heavy atom. The number of esters is 1. The Labute approximate surface area is 146 Å². The SMILES string of the molecule is O=C(OCc1ccccc1)[C@@H]1CCCCN1c1nc2ccccc2[nH]1. The van der Waals surface area contributed by atoms with E-state index in [0.717, 1.165) is 48.4 Å². The third-order valence-electron chi connectivity index (χ3n) is 4.65. The van der Waals surface area contributed by atoms with Gasteiger partial charge in [-0.1, -0.05) is 42.5 Å². The van der Waals surface area contributed by atoms with E-state index >= 15 is 0 Å². The van der Waals surface area contributed by atoms with Crippen molar-refractivity contribution < 1.29 is 9.53 Å². The maximum atomic E-state index is 12.7. The number of aromatic amines is 1. The standard InChI is InChI=1S/C20H21N3O2/c24-19(25-14-15-8-2-1-3-9-15)18-12-6-7-13-23(18)20-21-16-10-4-5-11-17(16)22-20/h1-5,8-11,18H,6-7,12-14H2,(H,21,22)/t18-/m0/s1. The smallest absolute Gasteiger partial charge is 0.329 e. The summed E-state index contributed by atoms with van der Waals surface area (Å²) in [6, 6.07) is 17.4. The van der Waals surface area contributed by atoms with Crippen LogP contribution in [0.3, 0.4) is 0 Å². The lowest BCUT2D eigenvalue weighted by molar-refractivity contribution is -0.147. The first-order chi connectivity index (χ1) is 12.3. The van der Waals surface area contributed by atoms with Crippen LogP contribution in [-0.4, -0.2) is 28.5 Å². The average Bonchev–Trinajstić information content (AvgIpc) is 3.11. The number of imidazole rings is 1. The Hall–Kier alpha value is -2.82. The summed E-state index contributed by atoms with van der Waals surface area (Å²) in [6.07, 6.45) is 2.88. The average molecular weight is 335 g/mol. The number of piperidine rings is 1. The maximum Gasteiger partial charge on any atom is 0.329 e. The van der Waals surface area contributed by atoms with Gasteiger partial charge >= 0.3 is 5.97 Å². The highest BCUT2D eigenvalue weighted by atomic mass is 16.5. The number of ether oxygens (including phenoxy) is 1. The number of para-hydroxylation sites is 2. The number of hydrogen-bond acceptors (Lipinski definition) is 4. The van der Waals surface area contributed by atoms with Crippen LogP contribution < -0.4 is 4.90 Å². The van der Waals surface area contributed by atoms with E-state index < -0.39 is 0 Å². The highest BCUT2D eigenvalue weighted by molar-refractivity contribution is 5.82. The zero-order valence-corrected chi connectivity index (χ0v) is 14.0. The van der Waals surface area contributed by atoms with Gasteiger partial charge in [-0.15, -0.1) is 0 Å². The van der Waals surface area contributed by atoms with Crippen LogP contribution >= 0.6 is 0 Å². The van der Waals surface area contributed by atoms with Gasteiger partial charge in [-0.2, -0.15) is 0 Å². The number of fused-ring (bicyclic) bond motifs is 1. The van der Waals surface area contributed by atoms with Crippen molar-refractivity contribution in [2.75, 3.05) is 11.4 Å². The van der Waals surface area contributed by atoms with Crippen LogP contribution in [0.1, 0.15) is 24.8 Å². The predicted octanol–water partition coefficient (Wildman–Crippen LogP) is 3.67. The molecule has 0 saturated carbocycles. The minimum atomic E-state index is -0.280. The number of H-pyrrole nitrogens is 1. The second kappa shape index (κ2) is 6.97. The number of carbonyl (C=O) groups is 1. The van der Waals surface area contributed by atoms with Crippen LogP contribution in [0.15, 0.2) is 54.6 Å². The van der Waals surface area contributed by atoms with Crippen molar-refractivity contribution in [1.82, 2.24) is 9.97 Å². The van der Waals surface area contributed by atoms with E-state index in [4.69, 9.17) is 4.74 Å². The maximum absolute atomic E-state index is 12.7. The molecule has 1 aliphatic heterocycles. The van der Waals surface area contributed by atoms with Gasteiger partial charge in [-0.3, -0.25) is 0 Å². The van der Waals surface area contributed by atoms with Crippen LogP contribution in [0.25, 0.3) is 11.0 Å². The minimum absolute atomic E-state index is 0.177. The lowest BCUT2D eigenvalue weighted by Crippen LogP contribution is -2.46. The van der Waals surface area contributed by atoms with Crippen molar-refractivity contribution in [2.45, 2.75) is 31.9 Å². The normalized spacial score (nSPS) is 17.6. The Morgan fingerprint density at radius 3 is 2.76 bits per heavy atom. The lowest BCUT2D eigenvalue weighted by Gasteiger charge is -2.33. The highest BCUT2D eigenvalue weighted by Crippen LogP contribution is 2.25. The molecule has 2 heterocycles. The molecule has 4 rings (SSSR count). The first-order valence-electron chi connectivity index (χ1n) is 8.73. The number of hydrogen-bond donors (Lipinski definition) is 1. The quantitative estimate of drug-likeness (QED) is 0.739. The zero-order valence-electron chi connectivity index (χ0n) is 14.0. The van der Waals surface area contributed by atoms with Crippen LogP contribution in [0.2, 0.25) is 0 Å². The first kappa shape index (κ1) is 15.7. The van der Waals surface area contributed by atoms with Gasteiger partial charge in [-0.05, 0) is 37.0 Å². The molecule has 25 heavy (non-hydrogen) atoms. The predicted molar refractivity (Wildman–Crippen MR) is 97.3 cm³/mol. The topological polar surface area (TPSA) is 58.2 Å². The van der Waals surface area contributed by atoms with Crippen LogP contribution in [0.5, 0.6) is 0 Å². The Bertz CT molecular complexity index is 827. The summed E-state index contributed by atoms with van der Waals surface area (Å²) in [5, 5.41) is 0. The molecule has 1 aliphatic rings. The fraction of sp³-hybridized carbons (Fsp3) is 0.300. The van der Waals surface area contributed by atoms with Crippen molar-refractivity contribution in [3.63, 3.8) is 0 Å². The summed E-state index contributed by atoms with van der Waals surface area (Å²) in [4.78, 5) is 22.7. The molecule has 0 spiro atoms. The molecule has 0 aliphatic carbocycles. The Kier molecular flexibility index (Phi) is 4.37. The first-order valence-corrected chi connectivity index (χ1v) is 8.73. The van der Waals surface area contributed by atoms with Crippen molar-refractivity contribution in [3.8, 4) is 0 Å². The highest BCUT2D eigenvalue weighted by Gasteiger charge is 2.31. The van der Waals surface area contributed by atoms with Crippen molar-refractivity contribution in [2.24, 2.45) is 0 Å². The van der Waals surface area contributed by atoms with Crippen molar-refractivity contribution in [3.05, 3.63) is 60.2 Å². The zero-order chi connectivity index (χ0) is 17.1. The van der Waals surface area contributed by atoms with Gasteiger partial charge in [0.25, 0.3) is 0 Å². The summed E-state index contributed by atoms with van der Waals surface area (Å²) >= 11 is 0. The number of anilines is 1. The minimum Gasteiger partial charge on any atom is -0.459 e. The number of nitrogens with one attached hydrogen (secondary N) is 1. The molecule has 0 bridgehead atoms. The molecular formula is C20H21N3O2. The molecule has 0 unspecified atom stereocenters. The van der Waals surface area contributed by atoms with E-state index in [2.05, 4.69) is 14.9 Å². The fourth-order valence-corrected chi connectivity index (χ4v) is 3.33. The Morgan fingerprint density at radius 2 is 1.92 bits per heavy atom. The summed E-state index contributed by atoms with van der Waals surface area (Å²) < 4.78 is 5.57. The van der Waals surface area contributed by atoms with E-state index in [1.54, 1.807) is 0 Å². The van der Waals surface area contributed by atoms with Gasteiger partial charge in [0.1, 0.15) is 12.6 Å². The molecule has 3 aromatic rings. The fourth-order valence-electron chi connectivity index (χ4n) is 3.33. The van der Waals surface area contributed by atoms with Gasteiger partial charge in [0.15, 0.2) is 0 Å². The van der Waals surface area contributed by atoms with Gasteiger partial charge in [-0.25, -0.2) is 9.78 Å². The monoisotopic (exact) mass is 335 g/mol. The number of rotatable bonds is 4. The van der Waals surface area contributed by atoms with Gasteiger partial charge in [0.2, 0.25) is 5.95 Å². The summed E-state index contributed by atoms with van der Waals surface area (Å²) in [5.41, 5.74) is 2.90. The van der Waals surface area contributed by atoms with Crippen molar-refractivity contribution >= 4 is 23.0 Å². The van der Waals surface area contributed by atoms with Gasteiger partial charge in [0.05, 0.1) is 11.0 Å². The third-order valence-corrected chi connectivity index (χ3v) is 4.65. The summed E-state index contributed by atoms with van der Waals surface area (Å²) in [5.74, 6) is 0.576. The molecular weight excluding hydrogens is 314 g/mol. The molecule has 1 saturated heterocycles. The van der Waals surface area contributed by atoms with Crippen LogP contribution in [0.4, 0.5) is 5.95 Å². The number of benzene rings is 2. The number of nitrogens with zero attached hydrogens (tertiary/aromatic N) is 2. The molecule has 2 aromatic carbocycles. The number of aromatic nitrogens is 2. The molecule has 1 N–H and O–H groups in total. The van der Waals surface area contributed by atoms with Crippen molar-refractivity contribution in [1.29, 1.82) is 0 Å². The molecule has 5 nitrogen and oxygen atoms in total. The molecule has 0 radical (unpaired) electrons. The largest absolute Gasteiger partial charge is 0.459 e. The van der Waals surface area contributed by atoms with Gasteiger partial charge in [0, 0.05) is 6.54 Å². The van der Waals surface area contributed by atoms with E-state index in [9.17, 15) is 4.79 Å². The van der Waals surface area contributed by atoms with E-state index in [-0.39, 0.29) is 12.0 Å². The van der Waals surface area contributed by atoms with Crippen LogP contribution in [0, 0.1) is 0 Å². The third kappa shape index (κ3) is 3.36. The summed E-state index contributed by atoms with van der Waals surface area (Å²) in [6.45, 7) is 1.12. The van der Waals surface area contributed by atoms with Crippen LogP contribution in [-0.2, 0) is 16.1 Å². The Balaban J connectivity index is 1.51. The second-order valence-electron chi connectivity index (χ2n) is 6.38. The van der Waals surface area contributed by atoms with E-state index in [1.165, 1.54) is 0 Å². The second-order valence-corrected chi connectivity index (χ2v) is 6.38. The number of carbonyl (C=O) groups excluding carboxylic acids is 1. The molecule has 5 heteroatoms. The summed E-state index contributed by atoms with van der Waals surface area (Å²) in [7, 11) is 0.